The molecule has 1 aromatic heterocycles. The van der Waals surface area contributed by atoms with Crippen molar-refractivity contribution in [3.05, 3.63) is 20.8 Å². The van der Waals surface area contributed by atoms with Gasteiger partial charge in [-0.1, -0.05) is 0 Å². The fourth-order valence-corrected chi connectivity index (χ4v) is 2.85. The van der Waals surface area contributed by atoms with Gasteiger partial charge in [0.1, 0.15) is 0 Å². The Bertz CT molecular complexity index is 358. The smallest absolute Gasteiger partial charge is 0.220 e. The van der Waals surface area contributed by atoms with E-state index in [9.17, 15) is 4.79 Å². The topological polar surface area (TPSA) is 50.4 Å². The van der Waals surface area contributed by atoms with Crippen molar-refractivity contribution in [2.24, 2.45) is 0 Å². The first-order valence-electron chi connectivity index (χ1n) is 5.91. The number of methoxy groups -OCH3 is 1. The summed E-state index contributed by atoms with van der Waals surface area (Å²) in [7, 11) is 1.67. The third kappa shape index (κ3) is 7.10. The zero-order valence-corrected chi connectivity index (χ0v) is 12.9. The molecule has 102 valence electrons. The number of nitrogens with one attached hydrogen (secondary N) is 2. The van der Waals surface area contributed by atoms with E-state index >= 15 is 0 Å². The molecule has 0 unspecified atom stereocenters. The van der Waals surface area contributed by atoms with Crippen LogP contribution in [0.15, 0.2) is 15.9 Å². The van der Waals surface area contributed by atoms with Gasteiger partial charge in [0.15, 0.2) is 0 Å². The van der Waals surface area contributed by atoms with Gasteiger partial charge in [-0.2, -0.15) is 0 Å². The molecule has 0 fully saturated rings. The van der Waals surface area contributed by atoms with Gasteiger partial charge in [-0.05, 0) is 28.4 Å². The lowest BCUT2D eigenvalue weighted by molar-refractivity contribution is -0.121. The summed E-state index contributed by atoms with van der Waals surface area (Å²) in [6.45, 7) is 2.95. The summed E-state index contributed by atoms with van der Waals surface area (Å²) in [4.78, 5) is 12.8. The molecule has 2 N–H and O–H groups in total. The summed E-state index contributed by atoms with van der Waals surface area (Å²) in [6, 6.07) is 2.06. The number of ether oxygens (including phenoxy) is 1. The maximum atomic E-state index is 11.5. The highest BCUT2D eigenvalue weighted by Gasteiger charge is 2.03. The van der Waals surface area contributed by atoms with Crippen LogP contribution in [-0.2, 0) is 16.0 Å². The molecule has 0 aliphatic carbocycles. The van der Waals surface area contributed by atoms with Crippen LogP contribution in [-0.4, -0.2) is 39.3 Å². The Labute approximate surface area is 120 Å². The van der Waals surface area contributed by atoms with E-state index in [1.165, 1.54) is 4.88 Å². The Balaban J connectivity index is 2.00. The molecule has 1 aromatic rings. The third-order valence-electron chi connectivity index (χ3n) is 2.33. The van der Waals surface area contributed by atoms with Crippen LogP contribution in [0.5, 0.6) is 0 Å². The number of halogens is 1. The molecule has 0 radical (unpaired) electrons. The second-order valence-electron chi connectivity index (χ2n) is 3.82. The van der Waals surface area contributed by atoms with Crippen molar-refractivity contribution in [1.82, 2.24) is 10.6 Å². The molecule has 0 saturated heterocycles. The number of aryl methyl sites for hydroxylation is 1. The van der Waals surface area contributed by atoms with Gasteiger partial charge in [0, 0.05) is 47.9 Å². The summed E-state index contributed by atoms with van der Waals surface area (Å²) < 4.78 is 5.99. The van der Waals surface area contributed by atoms with E-state index in [1.54, 1.807) is 18.4 Å². The maximum Gasteiger partial charge on any atom is 0.220 e. The molecule has 0 bridgehead atoms. The van der Waals surface area contributed by atoms with Gasteiger partial charge in [-0.15, -0.1) is 11.3 Å². The number of carbonyl (C=O) groups is 1. The summed E-state index contributed by atoms with van der Waals surface area (Å²) in [6.07, 6.45) is 1.35. The third-order valence-corrected chi connectivity index (χ3v) is 4.08. The van der Waals surface area contributed by atoms with Crippen LogP contribution in [0.2, 0.25) is 0 Å². The van der Waals surface area contributed by atoms with Crippen LogP contribution < -0.4 is 10.6 Å². The predicted octanol–water partition coefficient (Wildman–Crippen LogP) is 1.80. The minimum absolute atomic E-state index is 0.105. The van der Waals surface area contributed by atoms with Crippen molar-refractivity contribution in [2.75, 3.05) is 33.4 Å². The van der Waals surface area contributed by atoms with Gasteiger partial charge >= 0.3 is 0 Å². The number of amides is 1. The highest BCUT2D eigenvalue weighted by atomic mass is 79.9. The van der Waals surface area contributed by atoms with E-state index in [2.05, 4.69) is 32.6 Å². The molecule has 0 aliphatic rings. The molecule has 1 amide bonds. The standard InChI is InChI=1S/C12H19BrN2O2S/c1-17-7-6-14-4-5-15-12(16)3-2-11-8-10(13)9-18-11/h8-9,14H,2-7H2,1H3,(H,15,16). The first-order valence-corrected chi connectivity index (χ1v) is 7.59. The Hall–Kier alpha value is -0.430. The molecule has 0 aliphatic heterocycles. The van der Waals surface area contributed by atoms with Gasteiger partial charge in [0.25, 0.3) is 0 Å². The molecule has 6 heteroatoms. The highest BCUT2D eigenvalue weighted by Crippen LogP contribution is 2.20. The van der Waals surface area contributed by atoms with Gasteiger partial charge in [-0.3, -0.25) is 4.79 Å². The average Bonchev–Trinajstić information content (AvgIpc) is 2.77. The second-order valence-corrected chi connectivity index (χ2v) is 5.74. The molecule has 0 atom stereocenters. The zero-order valence-electron chi connectivity index (χ0n) is 10.5. The van der Waals surface area contributed by atoms with Crippen LogP contribution in [0, 0.1) is 0 Å². The summed E-state index contributed by atoms with van der Waals surface area (Å²) in [5.41, 5.74) is 0. The molecule has 0 spiro atoms. The van der Waals surface area contributed by atoms with Crippen molar-refractivity contribution >= 4 is 33.2 Å². The fourth-order valence-electron chi connectivity index (χ4n) is 1.40. The predicted molar refractivity (Wildman–Crippen MR) is 78.1 cm³/mol. The van der Waals surface area contributed by atoms with E-state index in [0.29, 0.717) is 19.6 Å². The van der Waals surface area contributed by atoms with Crippen LogP contribution in [0.4, 0.5) is 0 Å². The fraction of sp³-hybridized carbons (Fsp3) is 0.583. The molecule has 1 heterocycles. The lowest BCUT2D eigenvalue weighted by atomic mass is 10.2. The zero-order chi connectivity index (χ0) is 13.2. The van der Waals surface area contributed by atoms with Crippen molar-refractivity contribution < 1.29 is 9.53 Å². The highest BCUT2D eigenvalue weighted by molar-refractivity contribution is 9.10. The quantitative estimate of drug-likeness (QED) is 0.677. The second kappa shape index (κ2) is 9.49. The molecule has 1 rings (SSSR count). The average molecular weight is 335 g/mol. The van der Waals surface area contributed by atoms with Crippen molar-refractivity contribution in [2.45, 2.75) is 12.8 Å². The lowest BCUT2D eigenvalue weighted by Crippen LogP contribution is -2.33. The minimum Gasteiger partial charge on any atom is -0.383 e. The van der Waals surface area contributed by atoms with E-state index in [1.807, 2.05) is 5.38 Å². The number of hydrogen-bond acceptors (Lipinski definition) is 4. The van der Waals surface area contributed by atoms with E-state index < -0.39 is 0 Å². The SMILES string of the molecule is COCCNCCNC(=O)CCc1cc(Br)cs1. The Kier molecular flexibility index (Phi) is 8.24. The number of carbonyl (C=O) groups excluding carboxylic acids is 1. The van der Waals surface area contributed by atoms with Crippen LogP contribution >= 0.6 is 27.3 Å². The number of hydrogen-bond donors (Lipinski definition) is 2. The van der Waals surface area contributed by atoms with E-state index in [0.717, 1.165) is 24.0 Å². The summed E-state index contributed by atoms with van der Waals surface area (Å²) in [5, 5.41) is 8.10. The molecule has 18 heavy (non-hydrogen) atoms. The Morgan fingerprint density at radius 2 is 2.28 bits per heavy atom. The largest absolute Gasteiger partial charge is 0.383 e. The monoisotopic (exact) mass is 334 g/mol. The van der Waals surface area contributed by atoms with E-state index in [-0.39, 0.29) is 5.91 Å². The van der Waals surface area contributed by atoms with Gasteiger partial charge in [-0.25, -0.2) is 0 Å². The summed E-state index contributed by atoms with van der Waals surface area (Å²) >= 11 is 5.08. The van der Waals surface area contributed by atoms with Crippen LogP contribution in [0.3, 0.4) is 0 Å². The van der Waals surface area contributed by atoms with Gasteiger partial charge in [0.05, 0.1) is 6.61 Å². The maximum absolute atomic E-state index is 11.5. The Morgan fingerprint density at radius 3 is 2.94 bits per heavy atom. The summed E-state index contributed by atoms with van der Waals surface area (Å²) in [5.74, 6) is 0.105. The first-order chi connectivity index (χ1) is 8.72. The van der Waals surface area contributed by atoms with Crippen molar-refractivity contribution in [1.29, 1.82) is 0 Å². The number of thiophene rings is 1. The van der Waals surface area contributed by atoms with Crippen LogP contribution in [0.25, 0.3) is 0 Å². The van der Waals surface area contributed by atoms with E-state index in [4.69, 9.17) is 4.74 Å². The van der Waals surface area contributed by atoms with Crippen molar-refractivity contribution in [3.8, 4) is 0 Å². The van der Waals surface area contributed by atoms with Gasteiger partial charge < -0.3 is 15.4 Å². The normalized spacial score (nSPS) is 10.6. The van der Waals surface area contributed by atoms with Gasteiger partial charge in [0.2, 0.25) is 5.91 Å². The molecule has 4 nitrogen and oxygen atoms in total. The first kappa shape index (κ1) is 15.6. The molecular formula is C12H19BrN2O2S. The lowest BCUT2D eigenvalue weighted by Gasteiger charge is -2.06. The molecule has 0 aromatic carbocycles. The Morgan fingerprint density at radius 1 is 1.44 bits per heavy atom. The molecule has 0 saturated carbocycles. The van der Waals surface area contributed by atoms with Crippen LogP contribution in [0.1, 0.15) is 11.3 Å². The minimum atomic E-state index is 0.105. The number of rotatable bonds is 9. The molecular weight excluding hydrogens is 316 g/mol. The van der Waals surface area contributed by atoms with Crippen molar-refractivity contribution in [3.63, 3.8) is 0 Å².